The summed E-state index contributed by atoms with van der Waals surface area (Å²) in [6, 6.07) is 17.5. The van der Waals surface area contributed by atoms with Crippen molar-refractivity contribution in [3.8, 4) is 5.75 Å². The molecule has 1 fully saturated rings. The second-order valence-corrected chi connectivity index (χ2v) is 6.52. The Morgan fingerprint density at radius 3 is 2.56 bits per heavy atom. The van der Waals surface area contributed by atoms with E-state index in [4.69, 9.17) is 9.47 Å². The molecule has 2 amide bonds. The van der Waals surface area contributed by atoms with Crippen molar-refractivity contribution in [3.05, 3.63) is 65.7 Å². The van der Waals surface area contributed by atoms with Crippen molar-refractivity contribution in [2.45, 2.75) is 12.6 Å². The number of morpholine rings is 1. The van der Waals surface area contributed by atoms with E-state index in [9.17, 15) is 4.79 Å². The Morgan fingerprint density at radius 2 is 1.81 bits per heavy atom. The summed E-state index contributed by atoms with van der Waals surface area (Å²) in [5.41, 5.74) is 2.04. The molecule has 27 heavy (non-hydrogen) atoms. The molecule has 1 saturated heterocycles. The maximum atomic E-state index is 12.5. The van der Waals surface area contributed by atoms with E-state index in [0.29, 0.717) is 6.54 Å². The predicted octanol–water partition coefficient (Wildman–Crippen LogP) is 2.57. The monoisotopic (exact) mass is 369 g/mol. The zero-order valence-electron chi connectivity index (χ0n) is 15.7. The van der Waals surface area contributed by atoms with Crippen molar-refractivity contribution in [3.63, 3.8) is 0 Å². The fourth-order valence-corrected chi connectivity index (χ4v) is 3.20. The number of carbonyl (C=O) groups excluding carboxylic acids is 1. The van der Waals surface area contributed by atoms with Crippen molar-refractivity contribution in [1.82, 2.24) is 15.5 Å². The van der Waals surface area contributed by atoms with Gasteiger partial charge in [-0.2, -0.15) is 0 Å². The normalized spacial score (nSPS) is 15.7. The molecule has 6 heteroatoms. The Labute approximate surface area is 160 Å². The minimum absolute atomic E-state index is 0.0815. The lowest BCUT2D eigenvalue weighted by molar-refractivity contribution is 0.0340. The molecule has 1 heterocycles. The van der Waals surface area contributed by atoms with Crippen LogP contribution >= 0.6 is 0 Å². The zero-order chi connectivity index (χ0) is 18.9. The van der Waals surface area contributed by atoms with Crippen LogP contribution in [0.2, 0.25) is 0 Å². The molecular weight excluding hydrogens is 342 g/mol. The van der Waals surface area contributed by atoms with Crippen molar-refractivity contribution in [2.75, 3.05) is 40.0 Å². The average molecular weight is 369 g/mol. The number of benzene rings is 2. The van der Waals surface area contributed by atoms with Crippen LogP contribution < -0.4 is 15.4 Å². The number of nitrogens with zero attached hydrogens (tertiary/aromatic N) is 1. The molecular formula is C21H27N3O3. The summed E-state index contributed by atoms with van der Waals surface area (Å²) in [6.07, 6.45) is 0. The zero-order valence-corrected chi connectivity index (χ0v) is 15.7. The molecule has 0 aliphatic carbocycles. The van der Waals surface area contributed by atoms with Gasteiger partial charge in [-0.15, -0.1) is 0 Å². The van der Waals surface area contributed by atoms with Crippen LogP contribution in [-0.2, 0) is 11.3 Å². The lowest BCUT2D eigenvalue weighted by atomic mass is 10.1. The summed E-state index contributed by atoms with van der Waals surface area (Å²) in [6.45, 7) is 4.41. The molecule has 0 unspecified atom stereocenters. The number of hydrogen-bond donors (Lipinski definition) is 2. The van der Waals surface area contributed by atoms with Gasteiger partial charge in [0.1, 0.15) is 5.75 Å². The number of carbonyl (C=O) groups is 1. The van der Waals surface area contributed by atoms with Crippen molar-refractivity contribution in [1.29, 1.82) is 0 Å². The molecule has 1 aliphatic rings. The van der Waals surface area contributed by atoms with Crippen LogP contribution in [0.5, 0.6) is 5.75 Å². The second-order valence-electron chi connectivity index (χ2n) is 6.52. The number of para-hydroxylation sites is 1. The summed E-state index contributed by atoms with van der Waals surface area (Å²) in [5, 5.41) is 6.05. The highest BCUT2D eigenvalue weighted by atomic mass is 16.5. The van der Waals surface area contributed by atoms with Gasteiger partial charge >= 0.3 is 6.03 Å². The van der Waals surface area contributed by atoms with E-state index >= 15 is 0 Å². The highest BCUT2D eigenvalue weighted by molar-refractivity contribution is 5.74. The van der Waals surface area contributed by atoms with Crippen LogP contribution in [0.25, 0.3) is 0 Å². The van der Waals surface area contributed by atoms with Crippen LogP contribution in [-0.4, -0.2) is 50.9 Å². The largest absolute Gasteiger partial charge is 0.496 e. The molecule has 2 aromatic rings. The van der Waals surface area contributed by atoms with Gasteiger partial charge in [0.2, 0.25) is 0 Å². The molecule has 6 nitrogen and oxygen atoms in total. The van der Waals surface area contributed by atoms with Gasteiger partial charge in [0.25, 0.3) is 0 Å². The molecule has 2 aromatic carbocycles. The van der Waals surface area contributed by atoms with Crippen LogP contribution in [0.15, 0.2) is 54.6 Å². The minimum atomic E-state index is -0.192. The van der Waals surface area contributed by atoms with Gasteiger partial charge in [0.15, 0.2) is 0 Å². The first-order valence-corrected chi connectivity index (χ1v) is 9.27. The first-order valence-electron chi connectivity index (χ1n) is 9.27. The van der Waals surface area contributed by atoms with Crippen molar-refractivity contribution < 1.29 is 14.3 Å². The molecule has 0 radical (unpaired) electrons. The maximum absolute atomic E-state index is 12.5. The number of rotatable bonds is 7. The predicted molar refractivity (Wildman–Crippen MR) is 105 cm³/mol. The van der Waals surface area contributed by atoms with Crippen molar-refractivity contribution >= 4 is 6.03 Å². The van der Waals surface area contributed by atoms with Crippen LogP contribution in [0.3, 0.4) is 0 Å². The number of nitrogens with one attached hydrogen (secondary N) is 2. The molecule has 0 saturated carbocycles. The van der Waals surface area contributed by atoms with Gasteiger partial charge in [-0.3, -0.25) is 4.90 Å². The fraction of sp³-hybridized carbons (Fsp3) is 0.381. The van der Waals surface area contributed by atoms with Crippen LogP contribution in [0.4, 0.5) is 4.79 Å². The molecule has 0 spiro atoms. The van der Waals surface area contributed by atoms with E-state index in [1.54, 1.807) is 7.11 Å². The summed E-state index contributed by atoms with van der Waals surface area (Å²) in [5.74, 6) is 0.769. The highest BCUT2D eigenvalue weighted by Gasteiger charge is 2.20. The minimum Gasteiger partial charge on any atom is -0.496 e. The van der Waals surface area contributed by atoms with E-state index in [-0.39, 0.29) is 12.1 Å². The number of methoxy groups -OCH3 is 1. The Balaban J connectivity index is 1.61. The van der Waals surface area contributed by atoms with E-state index in [1.807, 2.05) is 54.6 Å². The van der Waals surface area contributed by atoms with Gasteiger partial charge in [-0.05, 0) is 11.6 Å². The molecule has 0 aromatic heterocycles. The maximum Gasteiger partial charge on any atom is 0.315 e. The third kappa shape index (κ3) is 5.70. The SMILES string of the molecule is COc1ccccc1CNC(=O)N[C@@H](CN1CCOCC1)c1ccccc1. The lowest BCUT2D eigenvalue weighted by Gasteiger charge is -2.31. The van der Waals surface area contributed by atoms with E-state index in [0.717, 1.165) is 49.7 Å². The van der Waals surface area contributed by atoms with E-state index in [1.165, 1.54) is 0 Å². The molecule has 144 valence electrons. The van der Waals surface area contributed by atoms with Gasteiger partial charge in [0, 0.05) is 31.7 Å². The topological polar surface area (TPSA) is 62.8 Å². The number of amides is 2. The van der Waals surface area contributed by atoms with Gasteiger partial charge < -0.3 is 20.1 Å². The molecule has 0 bridgehead atoms. The molecule has 1 atom stereocenters. The lowest BCUT2D eigenvalue weighted by Crippen LogP contribution is -2.45. The first kappa shape index (κ1) is 19.2. The average Bonchev–Trinajstić information content (AvgIpc) is 2.73. The summed E-state index contributed by atoms with van der Waals surface area (Å²) in [7, 11) is 1.63. The third-order valence-electron chi connectivity index (χ3n) is 4.68. The molecule has 2 N–H and O–H groups in total. The quantitative estimate of drug-likeness (QED) is 0.787. The summed E-state index contributed by atoms with van der Waals surface area (Å²) < 4.78 is 10.8. The Bertz CT molecular complexity index is 718. The number of hydrogen-bond acceptors (Lipinski definition) is 4. The van der Waals surface area contributed by atoms with Crippen LogP contribution in [0, 0.1) is 0 Å². The molecule has 3 rings (SSSR count). The van der Waals surface area contributed by atoms with Gasteiger partial charge in [0.05, 0.1) is 26.4 Å². The van der Waals surface area contributed by atoms with E-state index in [2.05, 4.69) is 15.5 Å². The molecule has 1 aliphatic heterocycles. The van der Waals surface area contributed by atoms with E-state index < -0.39 is 0 Å². The van der Waals surface area contributed by atoms with Gasteiger partial charge in [-0.25, -0.2) is 4.79 Å². The Hall–Kier alpha value is -2.57. The van der Waals surface area contributed by atoms with Crippen LogP contribution in [0.1, 0.15) is 17.2 Å². The number of ether oxygens (including phenoxy) is 2. The smallest absolute Gasteiger partial charge is 0.315 e. The number of urea groups is 1. The third-order valence-corrected chi connectivity index (χ3v) is 4.68. The Morgan fingerprint density at radius 1 is 1.11 bits per heavy atom. The summed E-state index contributed by atoms with van der Waals surface area (Å²) in [4.78, 5) is 14.9. The van der Waals surface area contributed by atoms with Crippen molar-refractivity contribution in [2.24, 2.45) is 0 Å². The Kier molecular flexibility index (Phi) is 7.07. The second kappa shape index (κ2) is 9.94. The fourth-order valence-electron chi connectivity index (χ4n) is 3.20. The first-order chi connectivity index (χ1) is 13.3. The summed E-state index contributed by atoms with van der Waals surface area (Å²) >= 11 is 0. The van der Waals surface area contributed by atoms with Gasteiger partial charge in [-0.1, -0.05) is 48.5 Å². The standard InChI is InChI=1S/C21H27N3O3/c1-26-20-10-6-5-9-18(20)15-22-21(25)23-19(17-7-3-2-4-8-17)16-24-11-13-27-14-12-24/h2-10,19H,11-16H2,1H3,(H2,22,23,25)/t19-/m0/s1. The highest BCUT2D eigenvalue weighted by Crippen LogP contribution is 2.17.